The van der Waals surface area contributed by atoms with Crippen molar-refractivity contribution in [2.45, 2.75) is 39.8 Å². The maximum Gasteiger partial charge on any atom is 0.170 e. The molecule has 2 atom stereocenters. The van der Waals surface area contributed by atoms with Gasteiger partial charge in [0.05, 0.1) is 24.4 Å². The van der Waals surface area contributed by atoms with E-state index < -0.39 is 0 Å². The molecule has 3 heterocycles. The van der Waals surface area contributed by atoms with Gasteiger partial charge in [-0.05, 0) is 86.9 Å². The Kier molecular flexibility index (Phi) is 5.62. The monoisotopic (exact) mass is 420 g/mol. The number of aromatic nitrogens is 2. The summed E-state index contributed by atoms with van der Waals surface area (Å²) in [6.45, 7) is 9.08. The molecule has 0 aliphatic carbocycles. The second kappa shape index (κ2) is 8.20. The van der Waals surface area contributed by atoms with Gasteiger partial charge in [0.1, 0.15) is 0 Å². The predicted octanol–water partition coefficient (Wildman–Crippen LogP) is 4.07. The summed E-state index contributed by atoms with van der Waals surface area (Å²) in [5, 5.41) is 13.8. The molecule has 2 unspecified atom stereocenters. The normalized spacial score (nSPS) is 18.7. The number of hydrogen-bond donors (Lipinski definition) is 2. The molecule has 1 aromatic carbocycles. The summed E-state index contributed by atoms with van der Waals surface area (Å²) in [7, 11) is 0. The van der Waals surface area contributed by atoms with Crippen LogP contribution in [-0.4, -0.2) is 37.8 Å². The molecule has 3 aromatic rings. The Morgan fingerprint density at radius 3 is 2.43 bits per heavy atom. The molecule has 1 aliphatic heterocycles. The molecule has 0 saturated carbocycles. The standard InChI is InChI=1S/C24H28N4OS/c1-15-11-16(2)13-19(12-15)28-17(3)14-20(18(28)4)23-22(21-7-5-6-8-25-21)26-24(30)27(23)9-10-29/h5-8,11-14,22-23,29H,9-10H2,1-4H3,(H,26,30). The molecule has 30 heavy (non-hydrogen) atoms. The van der Waals surface area contributed by atoms with Gasteiger partial charge in [-0.25, -0.2) is 0 Å². The molecule has 0 bridgehead atoms. The van der Waals surface area contributed by atoms with Crippen molar-refractivity contribution in [3.63, 3.8) is 0 Å². The average Bonchev–Trinajstić information content (AvgIpc) is 3.18. The van der Waals surface area contributed by atoms with Crippen molar-refractivity contribution in [1.29, 1.82) is 0 Å². The number of aryl methyl sites for hydroxylation is 3. The van der Waals surface area contributed by atoms with Gasteiger partial charge >= 0.3 is 0 Å². The molecule has 2 aromatic heterocycles. The first kappa shape index (κ1) is 20.6. The minimum Gasteiger partial charge on any atom is -0.395 e. The molecule has 0 radical (unpaired) electrons. The van der Waals surface area contributed by atoms with Crippen LogP contribution in [0.2, 0.25) is 0 Å². The molecule has 6 heteroatoms. The van der Waals surface area contributed by atoms with Gasteiger partial charge in [-0.2, -0.15) is 0 Å². The van der Waals surface area contributed by atoms with Gasteiger partial charge < -0.3 is 19.9 Å². The van der Waals surface area contributed by atoms with Gasteiger partial charge in [-0.1, -0.05) is 12.1 Å². The minimum absolute atomic E-state index is 0.0367. The van der Waals surface area contributed by atoms with Crippen molar-refractivity contribution in [1.82, 2.24) is 19.8 Å². The van der Waals surface area contributed by atoms with Crippen LogP contribution in [0.5, 0.6) is 0 Å². The number of β-amino-alcohol motifs (C(OH)–C–C–N with tert-alkyl or cyclic N) is 1. The summed E-state index contributed by atoms with van der Waals surface area (Å²) in [6, 6.07) is 14.7. The molecular weight excluding hydrogens is 392 g/mol. The van der Waals surface area contributed by atoms with E-state index in [4.69, 9.17) is 12.2 Å². The van der Waals surface area contributed by atoms with E-state index in [2.05, 4.69) is 71.7 Å². The highest BCUT2D eigenvalue weighted by atomic mass is 32.1. The first-order valence-electron chi connectivity index (χ1n) is 10.3. The fraction of sp³-hybridized carbons (Fsp3) is 0.333. The lowest BCUT2D eigenvalue weighted by molar-refractivity contribution is 0.223. The molecule has 0 amide bonds. The zero-order valence-corrected chi connectivity index (χ0v) is 18.7. The van der Waals surface area contributed by atoms with Crippen LogP contribution in [-0.2, 0) is 0 Å². The number of benzene rings is 1. The Bertz CT molecular complexity index is 1060. The number of aliphatic hydroxyl groups excluding tert-OH is 1. The second-order valence-electron chi connectivity index (χ2n) is 8.05. The van der Waals surface area contributed by atoms with Crippen LogP contribution in [0, 0.1) is 27.7 Å². The minimum atomic E-state index is -0.0709. The Morgan fingerprint density at radius 2 is 1.80 bits per heavy atom. The van der Waals surface area contributed by atoms with E-state index in [-0.39, 0.29) is 18.7 Å². The van der Waals surface area contributed by atoms with Crippen LogP contribution in [0.4, 0.5) is 0 Å². The third-order valence-electron chi connectivity index (χ3n) is 5.79. The van der Waals surface area contributed by atoms with Crippen molar-refractivity contribution in [3.05, 3.63) is 82.4 Å². The van der Waals surface area contributed by atoms with E-state index in [0.717, 1.165) is 5.69 Å². The molecule has 5 nitrogen and oxygen atoms in total. The van der Waals surface area contributed by atoms with E-state index in [1.807, 2.05) is 24.4 Å². The quantitative estimate of drug-likeness (QED) is 0.610. The number of thiocarbonyl (C=S) groups is 1. The fourth-order valence-corrected chi connectivity index (χ4v) is 4.99. The summed E-state index contributed by atoms with van der Waals surface area (Å²) >= 11 is 5.64. The zero-order chi connectivity index (χ0) is 21.4. The van der Waals surface area contributed by atoms with Crippen molar-refractivity contribution in [3.8, 4) is 5.69 Å². The molecule has 1 fully saturated rings. The molecule has 1 aliphatic rings. The maximum atomic E-state index is 9.68. The lowest BCUT2D eigenvalue weighted by atomic mass is 9.97. The highest BCUT2D eigenvalue weighted by Gasteiger charge is 2.41. The van der Waals surface area contributed by atoms with Crippen LogP contribution < -0.4 is 5.32 Å². The van der Waals surface area contributed by atoms with Crippen LogP contribution in [0.3, 0.4) is 0 Å². The number of rotatable bonds is 5. The topological polar surface area (TPSA) is 53.3 Å². The molecule has 4 rings (SSSR count). The van der Waals surface area contributed by atoms with Crippen molar-refractivity contribution in [2.75, 3.05) is 13.2 Å². The van der Waals surface area contributed by atoms with Crippen LogP contribution in [0.25, 0.3) is 5.69 Å². The SMILES string of the molecule is Cc1cc(C)cc(-n2c(C)cc(C3C(c4ccccn4)NC(=S)N3CCO)c2C)c1. The summed E-state index contributed by atoms with van der Waals surface area (Å²) in [6.07, 6.45) is 1.81. The lowest BCUT2D eigenvalue weighted by Gasteiger charge is -2.27. The van der Waals surface area contributed by atoms with E-state index in [9.17, 15) is 5.11 Å². The summed E-state index contributed by atoms with van der Waals surface area (Å²) < 4.78 is 2.31. The number of nitrogens with one attached hydrogen (secondary N) is 1. The van der Waals surface area contributed by atoms with E-state index in [1.165, 1.54) is 33.8 Å². The van der Waals surface area contributed by atoms with E-state index in [1.54, 1.807) is 0 Å². The molecular formula is C24H28N4OS. The van der Waals surface area contributed by atoms with Gasteiger partial charge in [0.2, 0.25) is 0 Å². The number of nitrogens with zero attached hydrogens (tertiary/aromatic N) is 3. The Hall–Kier alpha value is -2.70. The zero-order valence-electron chi connectivity index (χ0n) is 17.9. The lowest BCUT2D eigenvalue weighted by Crippen LogP contribution is -2.32. The van der Waals surface area contributed by atoms with Gasteiger partial charge in [0, 0.05) is 29.8 Å². The first-order chi connectivity index (χ1) is 14.4. The molecule has 1 saturated heterocycles. The second-order valence-corrected chi connectivity index (χ2v) is 8.44. The number of aliphatic hydroxyl groups is 1. The summed E-state index contributed by atoms with van der Waals surface area (Å²) in [5.41, 5.74) is 8.16. The Labute approximate surface area is 183 Å². The van der Waals surface area contributed by atoms with Crippen LogP contribution in [0.15, 0.2) is 48.7 Å². The summed E-state index contributed by atoms with van der Waals surface area (Å²) in [5.74, 6) is 0. The fourth-order valence-electron chi connectivity index (χ4n) is 4.66. The largest absolute Gasteiger partial charge is 0.395 e. The van der Waals surface area contributed by atoms with Gasteiger partial charge in [-0.3, -0.25) is 4.98 Å². The van der Waals surface area contributed by atoms with Gasteiger partial charge in [0.25, 0.3) is 0 Å². The molecule has 0 spiro atoms. The van der Waals surface area contributed by atoms with Crippen LogP contribution >= 0.6 is 12.2 Å². The Morgan fingerprint density at radius 1 is 1.07 bits per heavy atom. The van der Waals surface area contributed by atoms with E-state index in [0.29, 0.717) is 11.7 Å². The molecule has 2 N–H and O–H groups in total. The third kappa shape index (κ3) is 3.61. The van der Waals surface area contributed by atoms with Gasteiger partial charge in [0.15, 0.2) is 5.11 Å². The van der Waals surface area contributed by atoms with Crippen molar-refractivity contribution < 1.29 is 5.11 Å². The number of hydrogen-bond acceptors (Lipinski definition) is 3. The highest BCUT2D eigenvalue weighted by Crippen LogP contribution is 2.41. The average molecular weight is 421 g/mol. The van der Waals surface area contributed by atoms with E-state index >= 15 is 0 Å². The maximum absolute atomic E-state index is 9.68. The first-order valence-corrected chi connectivity index (χ1v) is 10.7. The van der Waals surface area contributed by atoms with Crippen molar-refractivity contribution in [2.24, 2.45) is 0 Å². The number of pyridine rings is 1. The molecule has 156 valence electrons. The summed E-state index contributed by atoms with van der Waals surface area (Å²) in [4.78, 5) is 6.67. The Balaban J connectivity index is 1.85. The predicted molar refractivity (Wildman–Crippen MR) is 124 cm³/mol. The highest BCUT2D eigenvalue weighted by molar-refractivity contribution is 7.80. The smallest absolute Gasteiger partial charge is 0.170 e. The van der Waals surface area contributed by atoms with Crippen LogP contribution in [0.1, 0.15) is 45.9 Å². The van der Waals surface area contributed by atoms with Crippen molar-refractivity contribution >= 4 is 17.3 Å². The van der Waals surface area contributed by atoms with Gasteiger partial charge in [-0.15, -0.1) is 0 Å². The third-order valence-corrected chi connectivity index (χ3v) is 6.14.